The van der Waals surface area contributed by atoms with Gasteiger partial charge in [-0.15, -0.1) is 0 Å². The topological polar surface area (TPSA) is 64.4 Å². The number of rotatable bonds is 1. The van der Waals surface area contributed by atoms with Crippen LogP contribution in [0.3, 0.4) is 0 Å². The highest BCUT2D eigenvalue weighted by atomic mass is 15.1. The Balaban J connectivity index is 3.03. The summed E-state index contributed by atoms with van der Waals surface area (Å²) in [6.07, 6.45) is 1.47. The van der Waals surface area contributed by atoms with E-state index in [4.69, 9.17) is 11.6 Å². The SMILES string of the molecule is CC(N)/C=N\N. The molecule has 6 heavy (non-hydrogen) atoms. The zero-order valence-electron chi connectivity index (χ0n) is 3.76. The van der Waals surface area contributed by atoms with Gasteiger partial charge in [0.05, 0.1) is 0 Å². The number of nitrogens with two attached hydrogens (primary N) is 2. The molecule has 0 spiro atoms. The summed E-state index contributed by atoms with van der Waals surface area (Å²) < 4.78 is 0. The van der Waals surface area contributed by atoms with Crippen molar-refractivity contribution < 1.29 is 0 Å². The molecule has 0 aromatic heterocycles. The molecular weight excluding hydrogens is 78.1 g/mol. The van der Waals surface area contributed by atoms with Crippen molar-refractivity contribution in [3.8, 4) is 0 Å². The third-order valence-corrected chi connectivity index (χ3v) is 0.321. The summed E-state index contributed by atoms with van der Waals surface area (Å²) in [6, 6.07) is -0.0185. The van der Waals surface area contributed by atoms with E-state index in [9.17, 15) is 0 Å². The molecule has 0 heterocycles. The Morgan fingerprint density at radius 1 is 1.83 bits per heavy atom. The lowest BCUT2D eigenvalue weighted by Gasteiger charge is -1.86. The van der Waals surface area contributed by atoms with Gasteiger partial charge in [0.1, 0.15) is 0 Å². The van der Waals surface area contributed by atoms with Crippen molar-refractivity contribution in [2.24, 2.45) is 16.7 Å². The van der Waals surface area contributed by atoms with E-state index < -0.39 is 0 Å². The minimum absolute atomic E-state index is 0.0185. The van der Waals surface area contributed by atoms with Crippen LogP contribution in [0.15, 0.2) is 5.10 Å². The maximum atomic E-state index is 5.17. The Morgan fingerprint density at radius 2 is 2.33 bits per heavy atom. The molecule has 3 heteroatoms. The molecule has 0 amide bonds. The average Bonchev–Trinajstić information content (AvgIpc) is 1.35. The van der Waals surface area contributed by atoms with Gasteiger partial charge in [-0.05, 0) is 6.92 Å². The molecular formula is C3H9N3. The summed E-state index contributed by atoms with van der Waals surface area (Å²) in [6.45, 7) is 1.80. The molecule has 3 nitrogen and oxygen atoms in total. The van der Waals surface area contributed by atoms with Gasteiger partial charge in [0.25, 0.3) is 0 Å². The molecule has 0 aliphatic rings. The zero-order valence-corrected chi connectivity index (χ0v) is 3.76. The molecule has 0 rings (SSSR count). The minimum atomic E-state index is -0.0185. The van der Waals surface area contributed by atoms with Gasteiger partial charge in [0.2, 0.25) is 0 Å². The van der Waals surface area contributed by atoms with E-state index in [1.54, 1.807) is 6.92 Å². The van der Waals surface area contributed by atoms with Crippen LogP contribution in [0.5, 0.6) is 0 Å². The van der Waals surface area contributed by atoms with Crippen molar-refractivity contribution in [2.75, 3.05) is 0 Å². The van der Waals surface area contributed by atoms with Crippen LogP contribution in [0.25, 0.3) is 0 Å². The standard InChI is InChI=1S/C3H9N3/c1-3(4)2-6-5/h2-3H,4-5H2,1H3/b6-2-. The first-order valence-corrected chi connectivity index (χ1v) is 1.76. The first-order chi connectivity index (χ1) is 2.77. The third-order valence-electron chi connectivity index (χ3n) is 0.321. The highest BCUT2D eigenvalue weighted by molar-refractivity contribution is 5.62. The summed E-state index contributed by atoms with van der Waals surface area (Å²) in [5.74, 6) is 4.72. The molecule has 1 atom stereocenters. The second kappa shape index (κ2) is 2.66. The molecule has 0 saturated carbocycles. The quantitative estimate of drug-likeness (QED) is 0.252. The van der Waals surface area contributed by atoms with Crippen LogP contribution in [0.2, 0.25) is 0 Å². The van der Waals surface area contributed by atoms with E-state index in [2.05, 4.69) is 5.10 Å². The number of hydrogen-bond acceptors (Lipinski definition) is 3. The molecule has 0 aliphatic heterocycles. The fraction of sp³-hybridized carbons (Fsp3) is 0.667. The van der Waals surface area contributed by atoms with E-state index in [1.807, 2.05) is 0 Å². The van der Waals surface area contributed by atoms with Gasteiger partial charge in [0.15, 0.2) is 0 Å². The van der Waals surface area contributed by atoms with Crippen molar-refractivity contribution in [1.82, 2.24) is 0 Å². The largest absolute Gasteiger partial charge is 0.324 e. The Hall–Kier alpha value is -0.570. The van der Waals surface area contributed by atoms with Crippen molar-refractivity contribution in [2.45, 2.75) is 13.0 Å². The summed E-state index contributed by atoms with van der Waals surface area (Å²) in [5, 5.41) is 3.19. The van der Waals surface area contributed by atoms with Crippen molar-refractivity contribution >= 4 is 6.21 Å². The lowest BCUT2D eigenvalue weighted by Crippen LogP contribution is -2.16. The second-order valence-corrected chi connectivity index (χ2v) is 1.16. The normalized spacial score (nSPS) is 15.7. The molecule has 0 aromatic rings. The molecule has 0 radical (unpaired) electrons. The monoisotopic (exact) mass is 87.1 g/mol. The smallest absolute Gasteiger partial charge is 0.0405 e. The maximum absolute atomic E-state index is 5.17. The molecule has 0 bridgehead atoms. The van der Waals surface area contributed by atoms with Crippen molar-refractivity contribution in [3.05, 3.63) is 0 Å². The van der Waals surface area contributed by atoms with Gasteiger partial charge in [-0.2, -0.15) is 5.10 Å². The zero-order chi connectivity index (χ0) is 4.99. The van der Waals surface area contributed by atoms with Crippen LogP contribution in [0, 0.1) is 0 Å². The summed E-state index contributed by atoms with van der Waals surface area (Å²) >= 11 is 0. The van der Waals surface area contributed by atoms with Gasteiger partial charge in [-0.1, -0.05) is 0 Å². The number of nitrogens with zero attached hydrogens (tertiary/aromatic N) is 1. The molecule has 4 N–H and O–H groups in total. The van der Waals surface area contributed by atoms with E-state index in [1.165, 1.54) is 6.21 Å². The Kier molecular flexibility index (Phi) is 2.40. The second-order valence-electron chi connectivity index (χ2n) is 1.16. The fourth-order valence-electron chi connectivity index (χ4n) is 0.136. The van der Waals surface area contributed by atoms with Gasteiger partial charge >= 0.3 is 0 Å². The summed E-state index contributed by atoms with van der Waals surface area (Å²) in [4.78, 5) is 0. The maximum Gasteiger partial charge on any atom is 0.0405 e. The molecule has 0 fully saturated rings. The van der Waals surface area contributed by atoms with Crippen LogP contribution in [-0.2, 0) is 0 Å². The van der Waals surface area contributed by atoms with Gasteiger partial charge in [-0.25, -0.2) is 0 Å². The van der Waals surface area contributed by atoms with Gasteiger partial charge in [0, 0.05) is 12.3 Å². The van der Waals surface area contributed by atoms with E-state index in [-0.39, 0.29) is 6.04 Å². The summed E-state index contributed by atoms with van der Waals surface area (Å²) in [5.41, 5.74) is 5.17. The first kappa shape index (κ1) is 5.43. The Bertz CT molecular complexity index is 48.0. The van der Waals surface area contributed by atoms with E-state index >= 15 is 0 Å². The van der Waals surface area contributed by atoms with E-state index in [0.717, 1.165) is 0 Å². The highest BCUT2D eigenvalue weighted by Gasteiger charge is 1.78. The number of hydrazone groups is 1. The van der Waals surface area contributed by atoms with Crippen LogP contribution in [0.4, 0.5) is 0 Å². The third kappa shape index (κ3) is 3.43. The predicted octanol–water partition coefficient (Wildman–Crippen LogP) is -0.722. The van der Waals surface area contributed by atoms with Crippen LogP contribution >= 0.6 is 0 Å². The lowest BCUT2D eigenvalue weighted by atomic mass is 10.4. The Morgan fingerprint density at radius 3 is 2.33 bits per heavy atom. The van der Waals surface area contributed by atoms with Crippen LogP contribution in [0.1, 0.15) is 6.92 Å². The first-order valence-electron chi connectivity index (χ1n) is 1.76. The lowest BCUT2D eigenvalue weighted by molar-refractivity contribution is 0.985. The van der Waals surface area contributed by atoms with Crippen LogP contribution < -0.4 is 11.6 Å². The molecule has 0 aromatic carbocycles. The molecule has 0 saturated heterocycles. The van der Waals surface area contributed by atoms with Gasteiger partial charge < -0.3 is 11.6 Å². The van der Waals surface area contributed by atoms with Crippen LogP contribution in [-0.4, -0.2) is 12.3 Å². The molecule has 36 valence electrons. The summed E-state index contributed by atoms with van der Waals surface area (Å²) in [7, 11) is 0. The predicted molar refractivity (Wildman–Crippen MR) is 26.3 cm³/mol. The van der Waals surface area contributed by atoms with Crippen molar-refractivity contribution in [3.63, 3.8) is 0 Å². The minimum Gasteiger partial charge on any atom is -0.324 e. The molecule has 0 aliphatic carbocycles. The van der Waals surface area contributed by atoms with E-state index in [0.29, 0.717) is 0 Å². The number of hydrogen-bond donors (Lipinski definition) is 2. The average molecular weight is 87.1 g/mol. The fourth-order valence-corrected chi connectivity index (χ4v) is 0.136. The highest BCUT2D eigenvalue weighted by Crippen LogP contribution is 1.59. The Labute approximate surface area is 37.0 Å². The molecule has 1 unspecified atom stereocenters. The van der Waals surface area contributed by atoms with Crippen molar-refractivity contribution in [1.29, 1.82) is 0 Å². The van der Waals surface area contributed by atoms with Gasteiger partial charge in [-0.3, -0.25) is 0 Å².